The van der Waals surface area contributed by atoms with E-state index in [2.05, 4.69) is 36.0 Å². The first kappa shape index (κ1) is 26.6. The molecule has 1 N–H and O–H groups in total. The minimum absolute atomic E-state index is 0.0846. The van der Waals surface area contributed by atoms with Crippen LogP contribution in [0, 0.1) is 24.2 Å². The lowest BCUT2D eigenvalue weighted by atomic mass is 9.43. The summed E-state index contributed by atoms with van der Waals surface area (Å²) < 4.78 is 24.7. The van der Waals surface area contributed by atoms with E-state index in [1.54, 1.807) is 18.9 Å². The second kappa shape index (κ2) is 9.31. The van der Waals surface area contributed by atoms with Crippen molar-refractivity contribution in [2.24, 2.45) is 17.3 Å². The fraction of sp³-hybridized carbons (Fsp3) is 0.667. The van der Waals surface area contributed by atoms with Crippen LogP contribution in [-0.2, 0) is 20.5 Å². The Balaban J connectivity index is 1.44. The van der Waals surface area contributed by atoms with Crippen LogP contribution in [-0.4, -0.2) is 57.8 Å². The van der Waals surface area contributed by atoms with E-state index in [4.69, 9.17) is 18.8 Å². The van der Waals surface area contributed by atoms with Gasteiger partial charge in [-0.1, -0.05) is 31.7 Å². The van der Waals surface area contributed by atoms with Gasteiger partial charge in [0, 0.05) is 0 Å². The molecule has 37 heavy (non-hydrogen) atoms. The minimum Gasteiger partial charge on any atom is -0.496 e. The van der Waals surface area contributed by atoms with Crippen molar-refractivity contribution in [3.63, 3.8) is 0 Å². The van der Waals surface area contributed by atoms with Crippen LogP contribution in [0.25, 0.3) is 0 Å². The fourth-order valence-electron chi connectivity index (χ4n) is 6.57. The molecule has 1 saturated heterocycles. The molecule has 1 aromatic carbocycles. The lowest BCUT2D eigenvalue weighted by Crippen LogP contribution is -2.65. The Bertz CT molecular complexity index is 1170. The summed E-state index contributed by atoms with van der Waals surface area (Å²) in [5.74, 6) is 1.27. The van der Waals surface area contributed by atoms with E-state index in [0.717, 1.165) is 17.5 Å². The van der Waals surface area contributed by atoms with Gasteiger partial charge in [0.2, 0.25) is 0 Å². The number of thioether (sulfide) groups is 1. The number of esters is 1. The van der Waals surface area contributed by atoms with Crippen LogP contribution in [0.3, 0.4) is 0 Å². The molecule has 200 valence electrons. The molecule has 3 aliphatic carbocycles. The van der Waals surface area contributed by atoms with Gasteiger partial charge < -0.3 is 18.8 Å². The molecule has 6 rings (SSSR count). The number of ether oxygens (including phenoxy) is 2. The summed E-state index contributed by atoms with van der Waals surface area (Å²) in [6.07, 6.45) is 4.43. The third kappa shape index (κ3) is 4.70. The van der Waals surface area contributed by atoms with Crippen LogP contribution < -0.4 is 4.74 Å². The Morgan fingerprint density at radius 2 is 2.05 bits per heavy atom. The molecule has 0 radical (unpaired) electrons. The Morgan fingerprint density at radius 1 is 1.30 bits per heavy atom. The molecule has 2 bridgehead atoms. The van der Waals surface area contributed by atoms with Crippen LogP contribution in [0.15, 0.2) is 23.6 Å². The number of rotatable bonds is 7. The first-order valence-electron chi connectivity index (χ1n) is 13.1. The van der Waals surface area contributed by atoms with Crippen LogP contribution in [0.4, 0.5) is 0 Å². The molecule has 3 saturated carbocycles. The van der Waals surface area contributed by atoms with Crippen molar-refractivity contribution in [1.82, 2.24) is 15.2 Å². The van der Waals surface area contributed by atoms with E-state index in [-0.39, 0.29) is 22.3 Å². The molecule has 4 fully saturated rings. The zero-order valence-electron chi connectivity index (χ0n) is 23.1. The second-order valence-corrected chi connectivity index (χ2v) is 13.6. The summed E-state index contributed by atoms with van der Waals surface area (Å²) >= 11 is 1.56. The van der Waals surface area contributed by atoms with Gasteiger partial charge in [-0.3, -0.25) is 5.10 Å². The van der Waals surface area contributed by atoms with Gasteiger partial charge in [-0.05, 0) is 88.3 Å². The molecule has 1 aromatic heterocycles. The number of H-pyrrole nitrogens is 1. The first-order chi connectivity index (χ1) is 17.3. The van der Waals surface area contributed by atoms with Crippen molar-refractivity contribution in [2.45, 2.75) is 95.3 Å². The molecular formula is C27H38BN3O5S. The molecule has 2 heterocycles. The predicted octanol–water partition coefficient (Wildman–Crippen LogP) is 5.05. The van der Waals surface area contributed by atoms with Gasteiger partial charge in [-0.25, -0.2) is 9.78 Å². The van der Waals surface area contributed by atoms with Gasteiger partial charge in [-0.2, -0.15) is 5.10 Å². The molecule has 1 aliphatic heterocycles. The monoisotopic (exact) mass is 527 g/mol. The molecule has 1 unspecified atom stereocenters. The topological polar surface area (TPSA) is 95.6 Å². The van der Waals surface area contributed by atoms with Crippen LogP contribution in [0.1, 0.15) is 75.9 Å². The highest BCUT2D eigenvalue weighted by atomic mass is 32.2. The SMILES string of the molecule is COc1ccc(C[C@H](Sc2ncn[nH]2)B2OC3C[C@@H]4C[C@@H](C4(C)C)[C@]3(C)O2)c(C)c1C(=O)OC(C)(C)C. The summed E-state index contributed by atoms with van der Waals surface area (Å²) in [6.45, 7) is 14.5. The summed E-state index contributed by atoms with van der Waals surface area (Å²) in [4.78, 5) is 17.5. The minimum atomic E-state index is -0.610. The number of aromatic amines is 1. The molecule has 4 aliphatic rings. The quantitative estimate of drug-likeness (QED) is 0.304. The van der Waals surface area contributed by atoms with Gasteiger partial charge in [0.05, 0.1) is 24.0 Å². The highest BCUT2D eigenvalue weighted by molar-refractivity contribution is 8.01. The average Bonchev–Trinajstić information content (AvgIpc) is 3.44. The lowest BCUT2D eigenvalue weighted by Gasteiger charge is -2.64. The standard InChI is InChI=1S/C27H38BN3O5S/c1-15-16(9-10-18(33-8)22(15)23(32)34-25(2,3)4)11-21(37-24-29-14-30-31-24)28-35-20-13-17-12-19(26(17,5)6)27(20,7)36-28/h9-10,14,17,19-21H,11-13H2,1-8H3,(H,29,30,31)/t17-,19-,20?,21-,27-/m0/s1. The van der Waals surface area contributed by atoms with E-state index in [1.807, 2.05) is 39.8 Å². The zero-order chi connectivity index (χ0) is 26.8. The van der Waals surface area contributed by atoms with Crippen molar-refractivity contribution >= 4 is 24.8 Å². The number of benzene rings is 1. The molecule has 0 amide bonds. The number of carbonyl (C=O) groups is 1. The van der Waals surface area contributed by atoms with Gasteiger partial charge in [0.1, 0.15) is 23.2 Å². The average molecular weight is 527 g/mol. The van der Waals surface area contributed by atoms with E-state index in [9.17, 15) is 4.79 Å². The molecule has 5 atom stereocenters. The Kier molecular flexibility index (Phi) is 6.68. The van der Waals surface area contributed by atoms with Crippen LogP contribution in [0.2, 0.25) is 0 Å². The zero-order valence-corrected chi connectivity index (χ0v) is 23.9. The molecule has 2 aromatic rings. The van der Waals surface area contributed by atoms with Crippen molar-refractivity contribution in [3.8, 4) is 5.75 Å². The smallest absolute Gasteiger partial charge is 0.472 e. The summed E-state index contributed by atoms with van der Waals surface area (Å²) in [5.41, 5.74) is 1.65. The number of methoxy groups -OCH3 is 1. The number of nitrogens with one attached hydrogen (secondary N) is 1. The Labute approximate surface area is 224 Å². The first-order valence-corrected chi connectivity index (χ1v) is 14.0. The maximum absolute atomic E-state index is 13.1. The maximum Gasteiger partial charge on any atom is 0.472 e. The lowest BCUT2D eigenvalue weighted by molar-refractivity contribution is -0.199. The highest BCUT2D eigenvalue weighted by Gasteiger charge is 2.68. The van der Waals surface area contributed by atoms with Crippen molar-refractivity contribution in [1.29, 1.82) is 0 Å². The fourth-order valence-corrected chi connectivity index (χ4v) is 7.56. The molecule has 0 spiro atoms. The molecule has 10 heteroatoms. The van der Waals surface area contributed by atoms with Crippen LogP contribution in [0.5, 0.6) is 5.75 Å². The van der Waals surface area contributed by atoms with E-state index in [0.29, 0.717) is 34.7 Å². The second-order valence-electron chi connectivity index (χ2n) is 12.4. The van der Waals surface area contributed by atoms with Crippen molar-refractivity contribution < 1.29 is 23.6 Å². The summed E-state index contributed by atoms with van der Waals surface area (Å²) in [7, 11) is 1.16. The Morgan fingerprint density at radius 3 is 2.68 bits per heavy atom. The predicted molar refractivity (Wildman–Crippen MR) is 143 cm³/mol. The number of hydrogen-bond donors (Lipinski definition) is 1. The number of hydrogen-bond acceptors (Lipinski definition) is 8. The van der Waals surface area contributed by atoms with Gasteiger partial charge in [0.25, 0.3) is 0 Å². The van der Waals surface area contributed by atoms with Gasteiger partial charge in [0.15, 0.2) is 5.16 Å². The Hall–Kier alpha value is -2.04. The van der Waals surface area contributed by atoms with E-state index < -0.39 is 18.7 Å². The van der Waals surface area contributed by atoms with Crippen molar-refractivity contribution in [3.05, 3.63) is 35.2 Å². The highest BCUT2D eigenvalue weighted by Crippen LogP contribution is 2.66. The summed E-state index contributed by atoms with van der Waals surface area (Å²) in [6, 6.07) is 3.85. The van der Waals surface area contributed by atoms with Gasteiger partial charge in [-0.15, -0.1) is 0 Å². The third-order valence-electron chi connectivity index (χ3n) is 8.71. The normalized spacial score (nSPS) is 28.9. The van der Waals surface area contributed by atoms with Gasteiger partial charge >= 0.3 is 13.1 Å². The maximum atomic E-state index is 13.1. The third-order valence-corrected chi connectivity index (χ3v) is 9.82. The number of carbonyl (C=O) groups excluding carboxylic acids is 1. The largest absolute Gasteiger partial charge is 0.496 e. The number of nitrogens with zero attached hydrogens (tertiary/aromatic N) is 2. The van der Waals surface area contributed by atoms with E-state index >= 15 is 0 Å². The number of aromatic nitrogens is 3. The summed E-state index contributed by atoms with van der Waals surface area (Å²) in [5, 5.41) is 7.60. The molecule has 8 nitrogen and oxygen atoms in total. The van der Waals surface area contributed by atoms with Crippen molar-refractivity contribution in [2.75, 3.05) is 7.11 Å². The molecular weight excluding hydrogens is 489 g/mol. The van der Waals surface area contributed by atoms with Crippen LogP contribution >= 0.6 is 11.8 Å². The van der Waals surface area contributed by atoms with E-state index in [1.165, 1.54) is 12.7 Å².